The fourth-order valence-corrected chi connectivity index (χ4v) is 1.16. The van der Waals surface area contributed by atoms with Crippen LogP contribution < -0.4 is 0 Å². The number of aryl methyl sites for hydroxylation is 1. The zero-order chi connectivity index (χ0) is 11.6. The molecule has 1 rings (SSSR count). The SMILES string of the molecule is Cc1cc(O)cc(O)c1C#CC(C)(C)C. The Hall–Kier alpha value is -1.62. The molecule has 0 atom stereocenters. The number of rotatable bonds is 0. The van der Waals surface area contributed by atoms with Crippen LogP contribution in [-0.2, 0) is 0 Å². The van der Waals surface area contributed by atoms with Crippen LogP contribution in [0.4, 0.5) is 0 Å². The minimum absolute atomic E-state index is 0.0317. The molecule has 0 radical (unpaired) electrons. The third-order valence-electron chi connectivity index (χ3n) is 1.86. The number of hydrogen-bond donors (Lipinski definition) is 2. The van der Waals surface area contributed by atoms with Gasteiger partial charge in [-0.1, -0.05) is 11.8 Å². The number of phenols is 2. The van der Waals surface area contributed by atoms with Crippen molar-refractivity contribution < 1.29 is 10.2 Å². The predicted molar refractivity (Wildman–Crippen MR) is 60.8 cm³/mol. The second-order valence-corrected chi connectivity index (χ2v) is 4.66. The molecule has 0 aliphatic carbocycles. The maximum atomic E-state index is 9.61. The van der Waals surface area contributed by atoms with Gasteiger partial charge in [-0.25, -0.2) is 0 Å². The number of benzene rings is 1. The highest BCUT2D eigenvalue weighted by Gasteiger charge is 2.07. The smallest absolute Gasteiger partial charge is 0.135 e. The highest BCUT2D eigenvalue weighted by Crippen LogP contribution is 2.26. The van der Waals surface area contributed by atoms with Gasteiger partial charge in [-0.3, -0.25) is 0 Å². The Bertz CT molecular complexity index is 405. The van der Waals surface area contributed by atoms with E-state index in [4.69, 9.17) is 0 Å². The van der Waals surface area contributed by atoms with Crippen molar-refractivity contribution in [2.24, 2.45) is 5.41 Å². The average Bonchev–Trinajstić information content (AvgIpc) is 1.99. The van der Waals surface area contributed by atoms with Gasteiger partial charge in [-0.15, -0.1) is 0 Å². The summed E-state index contributed by atoms with van der Waals surface area (Å²) in [5, 5.41) is 18.8. The quantitative estimate of drug-likeness (QED) is 0.638. The summed E-state index contributed by atoms with van der Waals surface area (Å²) in [5.74, 6) is 6.08. The van der Waals surface area contributed by atoms with E-state index in [1.54, 1.807) is 6.07 Å². The minimum Gasteiger partial charge on any atom is -0.508 e. The molecule has 0 unspecified atom stereocenters. The van der Waals surface area contributed by atoms with Crippen LogP contribution in [0.3, 0.4) is 0 Å². The molecule has 0 aromatic heterocycles. The summed E-state index contributed by atoms with van der Waals surface area (Å²) in [5.41, 5.74) is 1.27. The summed E-state index contributed by atoms with van der Waals surface area (Å²) < 4.78 is 0. The first kappa shape index (κ1) is 11.5. The van der Waals surface area contributed by atoms with Crippen LogP contribution >= 0.6 is 0 Å². The van der Waals surface area contributed by atoms with Crippen molar-refractivity contribution in [3.8, 4) is 23.3 Å². The third kappa shape index (κ3) is 3.21. The van der Waals surface area contributed by atoms with E-state index in [0.29, 0.717) is 5.56 Å². The van der Waals surface area contributed by atoms with Crippen LogP contribution in [0.1, 0.15) is 31.9 Å². The molecule has 0 spiro atoms. The summed E-state index contributed by atoms with van der Waals surface area (Å²) in [6, 6.07) is 2.89. The number of phenolic OH excluding ortho intramolecular Hbond substituents is 2. The molecule has 2 nitrogen and oxygen atoms in total. The Morgan fingerprint density at radius 1 is 1.13 bits per heavy atom. The standard InChI is InChI=1S/C13H16O2/c1-9-7-10(14)8-12(15)11(9)5-6-13(2,3)4/h7-8,14-15H,1-4H3. The highest BCUT2D eigenvalue weighted by atomic mass is 16.3. The molecule has 15 heavy (non-hydrogen) atoms. The number of aromatic hydroxyl groups is 2. The Balaban J connectivity index is 3.20. The van der Waals surface area contributed by atoms with E-state index in [9.17, 15) is 10.2 Å². The van der Waals surface area contributed by atoms with E-state index in [1.165, 1.54) is 6.07 Å². The van der Waals surface area contributed by atoms with Gasteiger partial charge in [0.2, 0.25) is 0 Å². The third-order valence-corrected chi connectivity index (χ3v) is 1.86. The molecule has 0 heterocycles. The van der Waals surface area contributed by atoms with Crippen molar-refractivity contribution in [1.82, 2.24) is 0 Å². The van der Waals surface area contributed by atoms with Gasteiger partial charge >= 0.3 is 0 Å². The van der Waals surface area contributed by atoms with Gasteiger partial charge in [0.05, 0.1) is 5.56 Å². The predicted octanol–water partition coefficient (Wildman–Crippen LogP) is 2.80. The molecule has 0 aliphatic heterocycles. The fourth-order valence-electron chi connectivity index (χ4n) is 1.16. The molecule has 2 heteroatoms. The topological polar surface area (TPSA) is 40.5 Å². The first-order chi connectivity index (χ1) is 6.79. The van der Waals surface area contributed by atoms with Crippen molar-refractivity contribution >= 4 is 0 Å². The summed E-state index contributed by atoms with van der Waals surface area (Å²) in [4.78, 5) is 0. The Morgan fingerprint density at radius 2 is 1.73 bits per heavy atom. The van der Waals surface area contributed by atoms with E-state index >= 15 is 0 Å². The second-order valence-electron chi connectivity index (χ2n) is 4.66. The van der Waals surface area contributed by atoms with Crippen molar-refractivity contribution in [2.45, 2.75) is 27.7 Å². The van der Waals surface area contributed by atoms with Gasteiger partial charge in [0.1, 0.15) is 11.5 Å². The van der Waals surface area contributed by atoms with Crippen molar-refractivity contribution in [3.63, 3.8) is 0 Å². The Labute approximate surface area is 90.6 Å². The molecule has 0 bridgehead atoms. The first-order valence-electron chi connectivity index (χ1n) is 4.85. The van der Waals surface area contributed by atoms with Gasteiger partial charge in [-0.2, -0.15) is 0 Å². The van der Waals surface area contributed by atoms with E-state index in [2.05, 4.69) is 11.8 Å². The fraction of sp³-hybridized carbons (Fsp3) is 0.385. The lowest BCUT2D eigenvalue weighted by molar-refractivity contribution is 0.448. The lowest BCUT2D eigenvalue weighted by atomic mass is 9.96. The van der Waals surface area contributed by atoms with Crippen LogP contribution in [0, 0.1) is 24.2 Å². The van der Waals surface area contributed by atoms with Gasteiger partial charge in [0.15, 0.2) is 0 Å². The van der Waals surface area contributed by atoms with Crippen LogP contribution in [-0.4, -0.2) is 10.2 Å². The summed E-state index contributed by atoms with van der Waals surface area (Å²) in [6.45, 7) is 7.83. The maximum Gasteiger partial charge on any atom is 0.135 e. The van der Waals surface area contributed by atoms with E-state index < -0.39 is 0 Å². The van der Waals surface area contributed by atoms with Crippen molar-refractivity contribution in [2.75, 3.05) is 0 Å². The average molecular weight is 204 g/mol. The van der Waals surface area contributed by atoms with Crippen LogP contribution in [0.15, 0.2) is 12.1 Å². The van der Waals surface area contributed by atoms with Crippen LogP contribution in [0.25, 0.3) is 0 Å². The summed E-state index contributed by atoms with van der Waals surface area (Å²) >= 11 is 0. The monoisotopic (exact) mass is 204 g/mol. The van der Waals surface area contributed by atoms with Gasteiger partial charge in [0, 0.05) is 11.5 Å². The first-order valence-corrected chi connectivity index (χ1v) is 4.85. The Kier molecular flexibility index (Phi) is 2.95. The zero-order valence-electron chi connectivity index (χ0n) is 9.55. The lowest BCUT2D eigenvalue weighted by Gasteiger charge is -2.08. The van der Waals surface area contributed by atoms with Gasteiger partial charge in [-0.05, 0) is 39.3 Å². The molecular weight excluding hydrogens is 188 g/mol. The maximum absolute atomic E-state index is 9.61. The molecule has 0 fully saturated rings. The minimum atomic E-state index is -0.100. The van der Waals surface area contributed by atoms with Crippen LogP contribution in [0.5, 0.6) is 11.5 Å². The molecule has 0 amide bonds. The van der Waals surface area contributed by atoms with Gasteiger partial charge in [0.25, 0.3) is 0 Å². The summed E-state index contributed by atoms with van der Waals surface area (Å²) in [7, 11) is 0. The molecule has 0 saturated heterocycles. The molecule has 80 valence electrons. The Morgan fingerprint density at radius 3 is 2.20 bits per heavy atom. The van der Waals surface area contributed by atoms with E-state index in [1.807, 2.05) is 27.7 Å². The molecule has 0 aliphatic rings. The van der Waals surface area contributed by atoms with Crippen molar-refractivity contribution in [1.29, 1.82) is 0 Å². The second kappa shape index (κ2) is 3.86. The largest absolute Gasteiger partial charge is 0.508 e. The number of hydrogen-bond acceptors (Lipinski definition) is 2. The van der Waals surface area contributed by atoms with Gasteiger partial charge < -0.3 is 10.2 Å². The van der Waals surface area contributed by atoms with Crippen LogP contribution in [0.2, 0.25) is 0 Å². The lowest BCUT2D eigenvalue weighted by Crippen LogP contribution is -1.99. The zero-order valence-corrected chi connectivity index (χ0v) is 9.55. The molecular formula is C13H16O2. The molecule has 1 aromatic rings. The summed E-state index contributed by atoms with van der Waals surface area (Å²) in [6.07, 6.45) is 0. The highest BCUT2D eigenvalue weighted by molar-refractivity contribution is 5.53. The molecule has 2 N–H and O–H groups in total. The normalized spacial score (nSPS) is 10.7. The van der Waals surface area contributed by atoms with E-state index in [-0.39, 0.29) is 16.9 Å². The van der Waals surface area contributed by atoms with Crippen molar-refractivity contribution in [3.05, 3.63) is 23.3 Å². The van der Waals surface area contributed by atoms with E-state index in [0.717, 1.165) is 5.56 Å². The molecule has 0 saturated carbocycles. The molecule has 1 aromatic carbocycles.